The van der Waals surface area contributed by atoms with Gasteiger partial charge >= 0.3 is 6.03 Å². The number of nitrogens with one attached hydrogen (secondary N) is 2. The van der Waals surface area contributed by atoms with Crippen LogP contribution < -0.4 is 20.9 Å². The molecular weight excluding hydrogens is 604 g/mol. The standard InChI is InChI=1S/C33H28ClF2N5O4/c1-20-30(32(43)41(40(20)3)25-10-5-4-6-11-25)38-31(42)21-8-7-9-24(17-21)37-33(44)39(2)19-22-16-23(35)12-15-29(22)45-26-13-14-27(34)28(36)18-26/h4-18H,19H2,1-3H3,(H,37,44)(H,38,42). The lowest BCUT2D eigenvalue weighted by Crippen LogP contribution is -2.31. The number of carbonyl (C=O) groups is 2. The van der Waals surface area contributed by atoms with Crippen LogP contribution in [0, 0.1) is 18.6 Å². The molecule has 9 nitrogen and oxygen atoms in total. The molecule has 45 heavy (non-hydrogen) atoms. The Morgan fingerprint density at radius 2 is 1.69 bits per heavy atom. The molecule has 0 aliphatic carbocycles. The van der Waals surface area contributed by atoms with Gasteiger partial charge in [0.05, 0.1) is 22.9 Å². The van der Waals surface area contributed by atoms with Gasteiger partial charge in [-0.25, -0.2) is 18.3 Å². The third kappa shape index (κ3) is 6.89. The molecule has 0 bridgehead atoms. The topological polar surface area (TPSA) is 97.6 Å². The van der Waals surface area contributed by atoms with E-state index in [-0.39, 0.29) is 39.9 Å². The van der Waals surface area contributed by atoms with Crippen molar-refractivity contribution in [3.05, 3.63) is 135 Å². The number of benzene rings is 4. The van der Waals surface area contributed by atoms with Crippen LogP contribution in [0.4, 0.5) is 25.0 Å². The molecule has 5 rings (SSSR count). The second kappa shape index (κ2) is 13.1. The number of para-hydroxylation sites is 1. The van der Waals surface area contributed by atoms with Crippen molar-refractivity contribution in [2.45, 2.75) is 13.5 Å². The number of aromatic nitrogens is 2. The van der Waals surface area contributed by atoms with Crippen molar-refractivity contribution in [2.75, 3.05) is 17.7 Å². The van der Waals surface area contributed by atoms with E-state index < -0.39 is 23.6 Å². The number of rotatable bonds is 8. The number of urea groups is 1. The first-order valence-corrected chi connectivity index (χ1v) is 14.1. The Balaban J connectivity index is 1.28. The van der Waals surface area contributed by atoms with Gasteiger partial charge in [-0.05, 0) is 67.6 Å². The summed E-state index contributed by atoms with van der Waals surface area (Å²) in [6.45, 7) is 1.67. The van der Waals surface area contributed by atoms with Gasteiger partial charge < -0.3 is 20.3 Å². The summed E-state index contributed by atoms with van der Waals surface area (Å²) < 4.78 is 36.9. The molecule has 0 unspecified atom stereocenters. The van der Waals surface area contributed by atoms with Crippen LogP contribution in [-0.2, 0) is 13.6 Å². The van der Waals surface area contributed by atoms with Gasteiger partial charge in [0, 0.05) is 37.0 Å². The normalized spacial score (nSPS) is 10.8. The number of halogens is 3. The average molecular weight is 632 g/mol. The maximum absolute atomic E-state index is 14.1. The highest BCUT2D eigenvalue weighted by atomic mass is 35.5. The van der Waals surface area contributed by atoms with E-state index in [0.29, 0.717) is 22.6 Å². The molecule has 2 N–H and O–H groups in total. The van der Waals surface area contributed by atoms with Crippen LogP contribution in [0.1, 0.15) is 21.6 Å². The van der Waals surface area contributed by atoms with Crippen LogP contribution in [0.15, 0.2) is 95.8 Å². The molecule has 5 aromatic rings. The number of amides is 3. The predicted octanol–water partition coefficient (Wildman–Crippen LogP) is 7.12. The molecule has 3 amide bonds. The van der Waals surface area contributed by atoms with E-state index in [1.807, 2.05) is 18.2 Å². The summed E-state index contributed by atoms with van der Waals surface area (Å²) in [5.41, 5.74) is 1.81. The van der Waals surface area contributed by atoms with E-state index >= 15 is 0 Å². The second-order valence-corrected chi connectivity index (χ2v) is 10.6. The minimum atomic E-state index is -0.673. The third-order valence-corrected chi connectivity index (χ3v) is 7.37. The highest BCUT2D eigenvalue weighted by Crippen LogP contribution is 2.29. The maximum Gasteiger partial charge on any atom is 0.321 e. The summed E-state index contributed by atoms with van der Waals surface area (Å²) in [6.07, 6.45) is 0. The Morgan fingerprint density at radius 1 is 0.933 bits per heavy atom. The molecule has 0 spiro atoms. The van der Waals surface area contributed by atoms with E-state index in [4.69, 9.17) is 16.3 Å². The van der Waals surface area contributed by atoms with Crippen LogP contribution in [0.5, 0.6) is 11.5 Å². The summed E-state index contributed by atoms with van der Waals surface area (Å²) in [7, 11) is 3.22. The lowest BCUT2D eigenvalue weighted by molar-refractivity contribution is 0.102. The Labute approximate surface area is 262 Å². The fourth-order valence-electron chi connectivity index (χ4n) is 4.62. The summed E-state index contributed by atoms with van der Waals surface area (Å²) in [6, 6.07) is 22.4. The second-order valence-electron chi connectivity index (χ2n) is 10.2. The van der Waals surface area contributed by atoms with Gasteiger partial charge in [-0.1, -0.05) is 35.9 Å². The molecule has 1 heterocycles. The van der Waals surface area contributed by atoms with Crippen LogP contribution in [0.25, 0.3) is 5.69 Å². The smallest absolute Gasteiger partial charge is 0.321 e. The molecule has 0 radical (unpaired) electrons. The molecular formula is C33H28ClF2N5O4. The summed E-state index contributed by atoms with van der Waals surface area (Å²) >= 11 is 5.74. The van der Waals surface area contributed by atoms with Crippen molar-refractivity contribution in [1.82, 2.24) is 14.3 Å². The zero-order valence-corrected chi connectivity index (χ0v) is 25.2. The van der Waals surface area contributed by atoms with E-state index in [0.717, 1.165) is 6.07 Å². The largest absolute Gasteiger partial charge is 0.457 e. The number of carbonyl (C=O) groups excluding carboxylic acids is 2. The number of hydrogen-bond donors (Lipinski definition) is 2. The zero-order valence-electron chi connectivity index (χ0n) is 24.5. The monoisotopic (exact) mass is 631 g/mol. The van der Waals surface area contributed by atoms with Crippen molar-refractivity contribution in [1.29, 1.82) is 0 Å². The van der Waals surface area contributed by atoms with Crippen LogP contribution >= 0.6 is 11.6 Å². The lowest BCUT2D eigenvalue weighted by atomic mass is 10.1. The molecule has 0 atom stereocenters. The minimum Gasteiger partial charge on any atom is -0.457 e. The minimum absolute atomic E-state index is 0.0594. The molecule has 0 aliphatic rings. The first-order valence-electron chi connectivity index (χ1n) is 13.7. The number of hydrogen-bond acceptors (Lipinski definition) is 4. The first kappa shape index (κ1) is 31.0. The highest BCUT2D eigenvalue weighted by Gasteiger charge is 2.20. The fraction of sp³-hybridized carbons (Fsp3) is 0.121. The molecule has 12 heteroatoms. The lowest BCUT2D eigenvalue weighted by Gasteiger charge is -2.20. The summed E-state index contributed by atoms with van der Waals surface area (Å²) in [5, 5.41) is 5.35. The van der Waals surface area contributed by atoms with Crippen molar-refractivity contribution in [3.63, 3.8) is 0 Å². The first-order chi connectivity index (χ1) is 21.5. The van der Waals surface area contributed by atoms with E-state index in [1.54, 1.807) is 49.0 Å². The predicted molar refractivity (Wildman–Crippen MR) is 169 cm³/mol. The Kier molecular flexibility index (Phi) is 9.01. The van der Waals surface area contributed by atoms with Crippen LogP contribution in [0.2, 0.25) is 5.02 Å². The number of nitrogens with zero attached hydrogens (tertiary/aromatic N) is 3. The molecule has 0 fully saturated rings. The van der Waals surface area contributed by atoms with E-state index in [2.05, 4.69) is 10.6 Å². The SMILES string of the molecule is Cc1c(NC(=O)c2cccc(NC(=O)N(C)Cc3cc(F)ccc3Oc3ccc(Cl)c(F)c3)c2)c(=O)n(-c2ccccc2)n1C. The van der Waals surface area contributed by atoms with Crippen molar-refractivity contribution < 1.29 is 23.1 Å². The van der Waals surface area contributed by atoms with Crippen molar-refractivity contribution >= 4 is 34.9 Å². The maximum atomic E-state index is 14.1. The number of ether oxygens (including phenoxy) is 1. The molecule has 0 saturated carbocycles. The zero-order chi connectivity index (χ0) is 32.2. The highest BCUT2D eigenvalue weighted by molar-refractivity contribution is 6.30. The summed E-state index contributed by atoms with van der Waals surface area (Å²) in [5.74, 6) is -1.38. The Morgan fingerprint density at radius 3 is 2.42 bits per heavy atom. The van der Waals surface area contributed by atoms with Gasteiger partial charge in [-0.15, -0.1) is 0 Å². The molecule has 1 aromatic heterocycles. The van der Waals surface area contributed by atoms with Gasteiger partial charge in [0.15, 0.2) is 0 Å². The van der Waals surface area contributed by atoms with Gasteiger partial charge in [-0.3, -0.25) is 14.3 Å². The van der Waals surface area contributed by atoms with Gasteiger partial charge in [0.2, 0.25) is 0 Å². The third-order valence-electron chi connectivity index (χ3n) is 7.06. The quantitative estimate of drug-likeness (QED) is 0.190. The molecule has 4 aromatic carbocycles. The van der Waals surface area contributed by atoms with Crippen molar-refractivity contribution in [3.8, 4) is 17.2 Å². The van der Waals surface area contributed by atoms with Gasteiger partial charge in [-0.2, -0.15) is 0 Å². The molecule has 0 saturated heterocycles. The molecule has 0 aliphatic heterocycles. The van der Waals surface area contributed by atoms with E-state index in [9.17, 15) is 23.2 Å². The van der Waals surface area contributed by atoms with Crippen molar-refractivity contribution in [2.24, 2.45) is 7.05 Å². The van der Waals surface area contributed by atoms with Crippen LogP contribution in [0.3, 0.4) is 0 Å². The van der Waals surface area contributed by atoms with E-state index in [1.165, 1.54) is 53.0 Å². The Bertz CT molecular complexity index is 1960. The van der Waals surface area contributed by atoms with Gasteiger partial charge in [0.25, 0.3) is 11.5 Å². The van der Waals surface area contributed by atoms with Crippen LogP contribution in [-0.4, -0.2) is 33.2 Å². The summed E-state index contributed by atoms with van der Waals surface area (Å²) in [4.78, 5) is 40.7. The average Bonchev–Trinajstić information content (AvgIpc) is 3.23. The molecule has 230 valence electrons. The Hall–Kier alpha value is -5.42. The fourth-order valence-corrected chi connectivity index (χ4v) is 4.74. The number of anilines is 2. The van der Waals surface area contributed by atoms with Gasteiger partial charge in [0.1, 0.15) is 28.8 Å².